The van der Waals surface area contributed by atoms with Crippen molar-refractivity contribution in [1.29, 1.82) is 0 Å². The fraction of sp³-hybridized carbons (Fsp3) is 0.412. The summed E-state index contributed by atoms with van der Waals surface area (Å²) >= 11 is 1.55. The minimum absolute atomic E-state index is 0.790. The van der Waals surface area contributed by atoms with Gasteiger partial charge in [0.2, 0.25) is 5.13 Å². The molecule has 1 aromatic heterocycles. The van der Waals surface area contributed by atoms with Crippen LogP contribution in [0.5, 0.6) is 5.75 Å². The minimum Gasteiger partial charge on any atom is -0.494 e. The molecule has 1 aromatic carbocycles. The second-order valence-corrected chi connectivity index (χ2v) is 6.00. The largest absolute Gasteiger partial charge is 0.494 e. The van der Waals surface area contributed by atoms with Gasteiger partial charge in [0.05, 0.1) is 18.5 Å². The van der Waals surface area contributed by atoms with Crippen LogP contribution in [0.4, 0.5) is 5.13 Å². The maximum absolute atomic E-state index is 5.72. The average molecular weight is 317 g/mol. The highest BCUT2D eigenvalue weighted by Crippen LogP contribution is 2.15. The molecule has 0 radical (unpaired) electrons. The summed E-state index contributed by atoms with van der Waals surface area (Å²) in [5.74, 6) is 0.914. The standard InChI is InChI=1S/C17H23N3OS/c1-3-4-5-6-11-21-16-9-7-15(8-10-16)12-18-20-17-19-14(2)13-22-17/h7-10,12-13H,3-6,11H2,1-2H3,(H,19,20). The van der Waals surface area contributed by atoms with E-state index in [1.54, 1.807) is 17.6 Å². The van der Waals surface area contributed by atoms with E-state index in [-0.39, 0.29) is 0 Å². The summed E-state index contributed by atoms with van der Waals surface area (Å²) in [4.78, 5) is 4.28. The third-order valence-electron chi connectivity index (χ3n) is 3.14. The second-order valence-electron chi connectivity index (χ2n) is 5.14. The molecule has 0 fully saturated rings. The van der Waals surface area contributed by atoms with Crippen LogP contribution in [0.15, 0.2) is 34.7 Å². The van der Waals surface area contributed by atoms with E-state index in [1.165, 1.54) is 19.3 Å². The molecule has 5 heteroatoms. The van der Waals surface area contributed by atoms with E-state index in [0.717, 1.165) is 35.2 Å². The molecule has 0 spiro atoms. The molecule has 0 aliphatic heterocycles. The Morgan fingerprint density at radius 1 is 1.23 bits per heavy atom. The molecule has 0 saturated heterocycles. The van der Waals surface area contributed by atoms with Crippen molar-refractivity contribution in [3.05, 3.63) is 40.9 Å². The van der Waals surface area contributed by atoms with Crippen molar-refractivity contribution in [1.82, 2.24) is 4.98 Å². The Bertz CT molecular complexity index is 578. The van der Waals surface area contributed by atoms with Gasteiger partial charge in [-0.3, -0.25) is 5.43 Å². The van der Waals surface area contributed by atoms with Crippen LogP contribution in [0.3, 0.4) is 0 Å². The van der Waals surface area contributed by atoms with Gasteiger partial charge in [-0.1, -0.05) is 26.2 Å². The number of anilines is 1. The number of thiazole rings is 1. The predicted molar refractivity (Wildman–Crippen MR) is 94.1 cm³/mol. The first-order chi connectivity index (χ1) is 10.8. The Morgan fingerprint density at radius 2 is 2.05 bits per heavy atom. The summed E-state index contributed by atoms with van der Waals surface area (Å²) in [5, 5.41) is 6.98. The summed E-state index contributed by atoms with van der Waals surface area (Å²) in [7, 11) is 0. The number of aryl methyl sites for hydroxylation is 1. The van der Waals surface area contributed by atoms with Gasteiger partial charge in [-0.2, -0.15) is 5.10 Å². The molecule has 0 aliphatic rings. The van der Waals surface area contributed by atoms with Gasteiger partial charge in [0.1, 0.15) is 5.75 Å². The smallest absolute Gasteiger partial charge is 0.203 e. The van der Waals surface area contributed by atoms with E-state index in [1.807, 2.05) is 36.6 Å². The Morgan fingerprint density at radius 3 is 2.73 bits per heavy atom. The first-order valence-electron chi connectivity index (χ1n) is 7.72. The van der Waals surface area contributed by atoms with E-state index in [9.17, 15) is 0 Å². The minimum atomic E-state index is 0.790. The highest BCUT2D eigenvalue weighted by Gasteiger charge is 1.96. The van der Waals surface area contributed by atoms with Crippen LogP contribution in [-0.4, -0.2) is 17.8 Å². The summed E-state index contributed by atoms with van der Waals surface area (Å²) < 4.78 is 5.72. The van der Waals surface area contributed by atoms with Gasteiger partial charge in [0.25, 0.3) is 0 Å². The van der Waals surface area contributed by atoms with Gasteiger partial charge in [0, 0.05) is 5.38 Å². The lowest BCUT2D eigenvalue weighted by molar-refractivity contribution is 0.305. The van der Waals surface area contributed by atoms with E-state index in [4.69, 9.17) is 4.74 Å². The zero-order valence-corrected chi connectivity index (χ0v) is 14.0. The Hall–Kier alpha value is -1.88. The van der Waals surface area contributed by atoms with Crippen molar-refractivity contribution in [3.63, 3.8) is 0 Å². The summed E-state index contributed by atoms with van der Waals surface area (Å²) in [5.41, 5.74) is 4.96. The zero-order valence-electron chi connectivity index (χ0n) is 13.2. The van der Waals surface area contributed by atoms with Crippen LogP contribution < -0.4 is 10.2 Å². The van der Waals surface area contributed by atoms with Crippen LogP contribution >= 0.6 is 11.3 Å². The Balaban J connectivity index is 1.74. The quantitative estimate of drug-likeness (QED) is 0.408. The lowest BCUT2D eigenvalue weighted by Gasteiger charge is -2.05. The van der Waals surface area contributed by atoms with Gasteiger partial charge in [-0.15, -0.1) is 11.3 Å². The van der Waals surface area contributed by atoms with Gasteiger partial charge in [-0.05, 0) is 43.2 Å². The molecule has 4 nitrogen and oxygen atoms in total. The van der Waals surface area contributed by atoms with Gasteiger partial charge >= 0.3 is 0 Å². The fourth-order valence-electron chi connectivity index (χ4n) is 1.94. The lowest BCUT2D eigenvalue weighted by Crippen LogP contribution is -1.97. The van der Waals surface area contributed by atoms with Crippen LogP contribution in [0.2, 0.25) is 0 Å². The van der Waals surface area contributed by atoms with Gasteiger partial charge in [-0.25, -0.2) is 4.98 Å². The number of unbranched alkanes of at least 4 members (excludes halogenated alkanes) is 3. The summed E-state index contributed by atoms with van der Waals surface area (Å²) in [6.07, 6.45) is 6.67. The number of ether oxygens (including phenoxy) is 1. The van der Waals surface area contributed by atoms with Crippen molar-refractivity contribution in [3.8, 4) is 5.75 Å². The van der Waals surface area contributed by atoms with E-state index >= 15 is 0 Å². The van der Waals surface area contributed by atoms with E-state index in [2.05, 4.69) is 22.4 Å². The molecule has 0 bridgehead atoms. The Labute approximate surface area is 136 Å². The van der Waals surface area contributed by atoms with Crippen molar-refractivity contribution >= 4 is 22.7 Å². The maximum Gasteiger partial charge on any atom is 0.203 e. The molecule has 0 unspecified atom stereocenters. The first kappa shape index (κ1) is 16.5. The van der Waals surface area contributed by atoms with E-state index in [0.29, 0.717) is 0 Å². The highest BCUT2D eigenvalue weighted by atomic mass is 32.1. The van der Waals surface area contributed by atoms with Crippen LogP contribution in [0.25, 0.3) is 0 Å². The third kappa shape index (κ3) is 5.85. The molecule has 2 aromatic rings. The van der Waals surface area contributed by atoms with Crippen LogP contribution in [-0.2, 0) is 0 Å². The zero-order chi connectivity index (χ0) is 15.6. The number of rotatable bonds is 9. The second kappa shape index (κ2) is 9.20. The molecule has 118 valence electrons. The highest BCUT2D eigenvalue weighted by molar-refractivity contribution is 7.13. The lowest BCUT2D eigenvalue weighted by atomic mass is 10.2. The SMILES string of the molecule is CCCCCCOc1ccc(C=NNc2nc(C)cs2)cc1. The molecule has 0 aliphatic carbocycles. The topological polar surface area (TPSA) is 46.5 Å². The van der Waals surface area contributed by atoms with Crippen molar-refractivity contribution in [2.75, 3.05) is 12.0 Å². The van der Waals surface area contributed by atoms with Gasteiger partial charge in [0.15, 0.2) is 0 Å². The van der Waals surface area contributed by atoms with Crippen LogP contribution in [0, 0.1) is 6.92 Å². The van der Waals surface area contributed by atoms with Crippen molar-refractivity contribution in [2.45, 2.75) is 39.5 Å². The van der Waals surface area contributed by atoms with Crippen molar-refractivity contribution < 1.29 is 4.74 Å². The third-order valence-corrected chi connectivity index (χ3v) is 4.00. The number of nitrogens with one attached hydrogen (secondary N) is 1. The van der Waals surface area contributed by atoms with E-state index < -0.39 is 0 Å². The molecule has 2 rings (SSSR count). The number of aromatic nitrogens is 1. The number of hydrogen-bond donors (Lipinski definition) is 1. The summed E-state index contributed by atoms with van der Waals surface area (Å²) in [6.45, 7) is 4.97. The van der Waals surface area contributed by atoms with Gasteiger partial charge < -0.3 is 4.74 Å². The predicted octanol–water partition coefficient (Wildman–Crippen LogP) is 4.86. The molecular formula is C17H23N3OS. The fourth-order valence-corrected chi connectivity index (χ4v) is 2.57. The molecule has 1 heterocycles. The molecule has 0 amide bonds. The monoisotopic (exact) mass is 317 g/mol. The first-order valence-corrected chi connectivity index (χ1v) is 8.60. The molecule has 22 heavy (non-hydrogen) atoms. The normalized spacial score (nSPS) is 11.0. The molecule has 0 atom stereocenters. The molecule has 1 N–H and O–H groups in total. The Kier molecular flexibility index (Phi) is 6.90. The number of hydrogen-bond acceptors (Lipinski definition) is 5. The van der Waals surface area contributed by atoms with Crippen LogP contribution in [0.1, 0.15) is 43.9 Å². The number of hydrazone groups is 1. The summed E-state index contributed by atoms with van der Waals surface area (Å²) in [6, 6.07) is 7.96. The maximum atomic E-state index is 5.72. The number of nitrogens with zero attached hydrogens (tertiary/aromatic N) is 2. The molecular weight excluding hydrogens is 294 g/mol. The molecule has 0 saturated carbocycles. The van der Waals surface area contributed by atoms with Crippen molar-refractivity contribution in [2.24, 2.45) is 5.10 Å². The number of benzene rings is 1. The average Bonchev–Trinajstić information content (AvgIpc) is 2.94.